The number of carbonyl (C=O) groups excluding carboxylic acids is 2. The number of likely N-dealkylation sites (tertiary alicyclic amines) is 1. The molecular weight excluding hydrogens is 466 g/mol. The summed E-state index contributed by atoms with van der Waals surface area (Å²) in [5, 5.41) is 25.7. The summed E-state index contributed by atoms with van der Waals surface area (Å²) in [7, 11) is 1.56. The van der Waals surface area contributed by atoms with Crippen molar-refractivity contribution in [3.63, 3.8) is 0 Å². The van der Waals surface area contributed by atoms with Crippen LogP contribution in [0.25, 0.3) is 10.8 Å². The van der Waals surface area contributed by atoms with Gasteiger partial charge in [0, 0.05) is 29.2 Å². The molecule has 1 aliphatic carbocycles. The Morgan fingerprint density at radius 1 is 1.09 bits per heavy atom. The van der Waals surface area contributed by atoms with E-state index in [1.807, 2.05) is 47.8 Å². The van der Waals surface area contributed by atoms with Crippen LogP contribution in [0, 0.1) is 23.7 Å². The van der Waals surface area contributed by atoms with Gasteiger partial charge < -0.3 is 19.7 Å². The molecule has 0 unspecified atom stereocenters. The number of amides is 2. The highest BCUT2D eigenvalue weighted by Crippen LogP contribution is 2.59. The quantitative estimate of drug-likeness (QED) is 0.525. The Morgan fingerprint density at radius 3 is 2.63 bits per heavy atom. The number of fused-ring (bicyclic) bond motifs is 4. The predicted molar refractivity (Wildman–Crippen MR) is 129 cm³/mol. The topological polar surface area (TPSA) is 96.3 Å². The van der Waals surface area contributed by atoms with Crippen molar-refractivity contribution in [1.82, 2.24) is 4.90 Å². The highest BCUT2D eigenvalue weighted by molar-refractivity contribution is 7.09. The molecule has 3 aliphatic rings. The van der Waals surface area contributed by atoms with Gasteiger partial charge in [0.25, 0.3) is 0 Å². The summed E-state index contributed by atoms with van der Waals surface area (Å²) in [6.45, 7) is 0.487. The summed E-state index contributed by atoms with van der Waals surface area (Å²) in [6.07, 6.45) is 0.251. The Labute approximate surface area is 206 Å². The maximum absolute atomic E-state index is 13.6. The van der Waals surface area contributed by atoms with Crippen LogP contribution in [-0.2, 0) is 25.6 Å². The van der Waals surface area contributed by atoms with E-state index in [2.05, 4.69) is 0 Å². The smallest absolute Gasteiger partial charge is 0.233 e. The van der Waals surface area contributed by atoms with Gasteiger partial charge in [-0.25, -0.2) is 0 Å². The molecule has 35 heavy (non-hydrogen) atoms. The third-order valence-electron chi connectivity index (χ3n) is 8.00. The zero-order valence-electron chi connectivity index (χ0n) is 19.3. The molecule has 2 aliphatic heterocycles. The van der Waals surface area contributed by atoms with E-state index < -0.39 is 35.6 Å². The summed E-state index contributed by atoms with van der Waals surface area (Å²) in [4.78, 5) is 29.3. The third kappa shape index (κ3) is 3.42. The second kappa shape index (κ2) is 8.41. The first kappa shape index (κ1) is 22.7. The molecule has 6 atom stereocenters. The van der Waals surface area contributed by atoms with E-state index in [1.54, 1.807) is 13.2 Å². The number of phenols is 1. The number of hydrogen-bond acceptors (Lipinski definition) is 7. The number of ether oxygens (including phenoxy) is 2. The predicted octanol–water partition coefficient (Wildman–Crippen LogP) is 3.84. The van der Waals surface area contributed by atoms with E-state index in [4.69, 9.17) is 9.47 Å². The number of imide groups is 1. The summed E-state index contributed by atoms with van der Waals surface area (Å²) in [5.74, 6) is -3.91. The second-order valence-corrected chi connectivity index (χ2v) is 10.8. The lowest BCUT2D eigenvalue weighted by Crippen LogP contribution is -2.54. The average molecular weight is 494 g/mol. The summed E-state index contributed by atoms with van der Waals surface area (Å²) < 4.78 is 11.8. The fourth-order valence-corrected chi connectivity index (χ4v) is 7.13. The first-order valence-corrected chi connectivity index (χ1v) is 12.8. The van der Waals surface area contributed by atoms with Crippen molar-refractivity contribution in [2.45, 2.75) is 31.3 Å². The highest BCUT2D eigenvalue weighted by atomic mass is 32.1. The Hall–Kier alpha value is -2.78. The van der Waals surface area contributed by atoms with E-state index in [0.717, 1.165) is 15.8 Å². The van der Waals surface area contributed by atoms with Gasteiger partial charge >= 0.3 is 0 Å². The molecule has 7 nitrogen and oxygen atoms in total. The van der Waals surface area contributed by atoms with Crippen molar-refractivity contribution >= 4 is 33.9 Å². The van der Waals surface area contributed by atoms with E-state index in [0.29, 0.717) is 18.2 Å². The number of rotatable bonds is 5. The average Bonchev–Trinajstić information content (AvgIpc) is 3.55. The molecule has 6 rings (SSSR count). The van der Waals surface area contributed by atoms with Crippen molar-refractivity contribution in [2.24, 2.45) is 23.7 Å². The van der Waals surface area contributed by atoms with E-state index in [1.165, 1.54) is 16.2 Å². The van der Waals surface area contributed by atoms with Crippen molar-refractivity contribution in [3.8, 4) is 5.75 Å². The van der Waals surface area contributed by atoms with Crippen LogP contribution in [-0.4, -0.2) is 46.4 Å². The molecule has 182 valence electrons. The van der Waals surface area contributed by atoms with Crippen LogP contribution >= 0.6 is 11.3 Å². The van der Waals surface area contributed by atoms with E-state index in [9.17, 15) is 19.8 Å². The standard InChI is InChI=1S/C27H27NO6S/c1-33-14-15-11-20-24(26(31)28(25(20)30)13-16-5-4-10-35-16)21-12-23(34-27(15,21)32)19-8-9-22(29)18-7-3-2-6-17(18)19/h2-10,15,20-21,23-24,29,32H,11-14H2,1H3/t15-,20+,21+,23+,24+,27-/m1/s1. The highest BCUT2D eigenvalue weighted by Gasteiger charge is 2.66. The summed E-state index contributed by atoms with van der Waals surface area (Å²) >= 11 is 1.51. The number of aromatic hydroxyl groups is 1. The lowest BCUT2D eigenvalue weighted by Gasteiger charge is -2.44. The minimum Gasteiger partial charge on any atom is -0.507 e. The Balaban J connectivity index is 1.38. The number of hydrogen-bond donors (Lipinski definition) is 2. The molecule has 8 heteroatoms. The lowest BCUT2D eigenvalue weighted by atomic mass is 9.64. The van der Waals surface area contributed by atoms with Crippen LogP contribution in [0.4, 0.5) is 0 Å². The number of nitrogens with zero attached hydrogens (tertiary/aromatic N) is 1. The van der Waals surface area contributed by atoms with Crippen molar-refractivity contribution in [2.75, 3.05) is 13.7 Å². The van der Waals surface area contributed by atoms with Crippen molar-refractivity contribution < 1.29 is 29.3 Å². The van der Waals surface area contributed by atoms with Crippen molar-refractivity contribution in [1.29, 1.82) is 0 Å². The molecule has 2 saturated heterocycles. The number of carbonyl (C=O) groups is 2. The van der Waals surface area contributed by atoms with Crippen LogP contribution in [0.15, 0.2) is 53.9 Å². The monoisotopic (exact) mass is 493 g/mol. The van der Waals surface area contributed by atoms with Crippen molar-refractivity contribution in [3.05, 3.63) is 64.4 Å². The maximum atomic E-state index is 13.6. The van der Waals surface area contributed by atoms with E-state index in [-0.39, 0.29) is 30.7 Å². The first-order valence-electron chi connectivity index (χ1n) is 11.9. The SMILES string of the molecule is COC[C@H]1C[C@@H]2C(=O)N(Cc3cccs3)C(=O)[C@@H]2[C@@H]2C[C@@H](c3ccc(O)c4ccccc34)O[C@]12O. The molecule has 2 amide bonds. The van der Waals surface area contributed by atoms with Gasteiger partial charge in [-0.3, -0.25) is 14.5 Å². The normalized spacial score (nSPS) is 32.3. The van der Waals surface area contributed by atoms with Crippen LogP contribution in [0.3, 0.4) is 0 Å². The third-order valence-corrected chi connectivity index (χ3v) is 8.86. The molecule has 2 N–H and O–H groups in total. The molecule has 1 saturated carbocycles. The van der Waals surface area contributed by atoms with Gasteiger partial charge in [0.2, 0.25) is 11.8 Å². The number of benzene rings is 2. The minimum absolute atomic E-state index is 0.171. The molecule has 3 fully saturated rings. The Kier molecular flexibility index (Phi) is 5.45. The van der Waals surface area contributed by atoms with Gasteiger partial charge in [0.1, 0.15) is 5.75 Å². The Bertz CT molecular complexity index is 1290. The van der Waals surface area contributed by atoms with Gasteiger partial charge in [-0.2, -0.15) is 0 Å². The molecule has 0 radical (unpaired) electrons. The van der Waals surface area contributed by atoms with Gasteiger partial charge in [-0.1, -0.05) is 36.4 Å². The van der Waals surface area contributed by atoms with Crippen LogP contribution in [0.1, 0.15) is 29.4 Å². The van der Waals surface area contributed by atoms with Gasteiger partial charge in [0.05, 0.1) is 31.1 Å². The van der Waals surface area contributed by atoms with Gasteiger partial charge in [-0.05, 0) is 41.3 Å². The largest absolute Gasteiger partial charge is 0.507 e. The zero-order valence-corrected chi connectivity index (χ0v) is 20.1. The van der Waals surface area contributed by atoms with Gasteiger partial charge in [-0.15, -0.1) is 11.3 Å². The molecule has 1 aromatic heterocycles. The van der Waals surface area contributed by atoms with Crippen LogP contribution in [0.2, 0.25) is 0 Å². The summed E-state index contributed by atoms with van der Waals surface area (Å²) in [6, 6.07) is 14.8. The number of methoxy groups -OCH3 is 1. The van der Waals surface area contributed by atoms with Crippen LogP contribution in [0.5, 0.6) is 5.75 Å². The number of aliphatic hydroxyl groups is 1. The molecular formula is C27H27NO6S. The van der Waals surface area contributed by atoms with Crippen LogP contribution < -0.4 is 0 Å². The van der Waals surface area contributed by atoms with Gasteiger partial charge in [0.15, 0.2) is 5.79 Å². The number of phenolic OH excluding ortho intramolecular Hbond substituents is 1. The second-order valence-electron chi connectivity index (χ2n) is 9.78. The minimum atomic E-state index is -1.59. The molecule has 3 heterocycles. The molecule has 0 bridgehead atoms. The first-order chi connectivity index (χ1) is 16.9. The molecule has 2 aromatic carbocycles. The fourth-order valence-electron chi connectivity index (χ4n) is 6.44. The lowest BCUT2D eigenvalue weighted by molar-refractivity contribution is -0.275. The number of thiophene rings is 1. The molecule has 3 aromatic rings. The summed E-state index contributed by atoms with van der Waals surface area (Å²) in [5.41, 5.74) is 0.848. The Morgan fingerprint density at radius 2 is 1.89 bits per heavy atom. The zero-order chi connectivity index (χ0) is 24.3. The molecule has 0 spiro atoms. The fraction of sp³-hybridized carbons (Fsp3) is 0.407. The van der Waals surface area contributed by atoms with E-state index >= 15 is 0 Å². The maximum Gasteiger partial charge on any atom is 0.233 e.